The van der Waals surface area contributed by atoms with Crippen LogP contribution >= 0.6 is 0 Å². The number of carbonyl (C=O) groups is 1. The number of allylic oxidation sites excluding steroid dienone is 3. The van der Waals surface area contributed by atoms with E-state index >= 15 is 0 Å². The molecule has 2 atom stereocenters. The van der Waals surface area contributed by atoms with Gasteiger partial charge in [0.15, 0.2) is 0 Å². The van der Waals surface area contributed by atoms with Gasteiger partial charge in [-0.2, -0.15) is 0 Å². The molecule has 7 nitrogen and oxygen atoms in total. The van der Waals surface area contributed by atoms with E-state index in [-0.39, 0.29) is 24.7 Å². The van der Waals surface area contributed by atoms with Crippen LogP contribution in [0.3, 0.4) is 0 Å². The molecule has 2 rings (SSSR count). The number of nitrogens with zero attached hydrogens (tertiary/aromatic N) is 1. The maximum absolute atomic E-state index is 14.0. The van der Waals surface area contributed by atoms with Gasteiger partial charge in [0.05, 0.1) is 23.6 Å². The quantitative estimate of drug-likeness (QED) is 0.154. The minimum absolute atomic E-state index is 0.0253. The molecule has 3 N–H and O–H groups in total. The summed E-state index contributed by atoms with van der Waals surface area (Å²) >= 11 is 0. The number of amides is 1. The molecule has 0 aromatic heterocycles. The Labute approximate surface area is 266 Å². The van der Waals surface area contributed by atoms with E-state index < -0.39 is 22.2 Å². The lowest BCUT2D eigenvalue weighted by atomic mass is 9.92. The van der Waals surface area contributed by atoms with Crippen molar-refractivity contribution in [2.75, 3.05) is 29.7 Å². The Hall–Kier alpha value is -3.20. The van der Waals surface area contributed by atoms with Crippen molar-refractivity contribution in [2.45, 2.75) is 85.8 Å². The molecule has 2 aromatic carbocycles. The number of aliphatic hydroxyl groups excluding tert-OH is 1. The smallest absolute Gasteiger partial charge is 0.251 e. The van der Waals surface area contributed by atoms with E-state index in [9.17, 15) is 18.3 Å². The highest BCUT2D eigenvalue weighted by Crippen LogP contribution is 2.34. The van der Waals surface area contributed by atoms with Crippen molar-refractivity contribution >= 4 is 27.2 Å². The fraction of sp³-hybridized carbons (Fsp3) is 0.472. The van der Waals surface area contributed by atoms with E-state index in [1.165, 1.54) is 4.31 Å². The Morgan fingerprint density at radius 2 is 1.77 bits per heavy atom. The monoisotopic (exact) mass is 623 g/mol. The molecule has 0 aliphatic rings. The number of aliphatic hydroxyl groups is 1. The molecule has 0 saturated carbocycles. The molecule has 0 spiro atoms. The van der Waals surface area contributed by atoms with Crippen molar-refractivity contribution in [1.82, 2.24) is 10.6 Å². The first-order valence-corrected chi connectivity index (χ1v) is 17.5. The highest BCUT2D eigenvalue weighted by molar-refractivity contribution is 7.92. The van der Waals surface area contributed by atoms with Crippen molar-refractivity contribution in [3.8, 4) is 0 Å². The van der Waals surface area contributed by atoms with Crippen LogP contribution in [-0.4, -0.2) is 57.0 Å². The highest BCUT2D eigenvalue weighted by Gasteiger charge is 2.27. The first-order valence-electron chi connectivity index (χ1n) is 15.9. The lowest BCUT2D eigenvalue weighted by Crippen LogP contribution is -2.49. The molecule has 0 radical (unpaired) electrons. The van der Waals surface area contributed by atoms with Gasteiger partial charge in [-0.05, 0) is 93.3 Å². The summed E-state index contributed by atoms with van der Waals surface area (Å²) in [6.45, 7) is 16.5. The summed E-state index contributed by atoms with van der Waals surface area (Å²) in [4.78, 5) is 14.0. The number of anilines is 1. The topological polar surface area (TPSA) is 98.7 Å². The van der Waals surface area contributed by atoms with Crippen LogP contribution in [0, 0.1) is 6.92 Å². The molecule has 8 heteroatoms. The van der Waals surface area contributed by atoms with Gasteiger partial charge in [0.1, 0.15) is 0 Å². The number of hydrogen-bond acceptors (Lipinski definition) is 5. The molecular formula is C36H53N3O4S. The Morgan fingerprint density at radius 3 is 2.34 bits per heavy atom. The maximum atomic E-state index is 14.0. The molecule has 2 unspecified atom stereocenters. The van der Waals surface area contributed by atoms with E-state index in [0.717, 1.165) is 47.1 Å². The highest BCUT2D eigenvalue weighted by atomic mass is 32.2. The molecular weight excluding hydrogens is 570 g/mol. The molecule has 1 amide bonds. The van der Waals surface area contributed by atoms with Gasteiger partial charge >= 0.3 is 0 Å². The van der Waals surface area contributed by atoms with Gasteiger partial charge < -0.3 is 15.7 Å². The second-order valence-corrected chi connectivity index (χ2v) is 13.1. The first kappa shape index (κ1) is 37.0. The molecule has 242 valence electrons. The Kier molecular flexibility index (Phi) is 15.6. The number of carbonyl (C=O) groups excluding carboxylic acids is 1. The van der Waals surface area contributed by atoms with E-state index in [0.29, 0.717) is 30.6 Å². The van der Waals surface area contributed by atoms with Crippen LogP contribution in [0.1, 0.15) is 87.4 Å². The second kappa shape index (κ2) is 18.6. The van der Waals surface area contributed by atoms with E-state index in [1.54, 1.807) is 12.1 Å². The van der Waals surface area contributed by atoms with Gasteiger partial charge in [-0.15, -0.1) is 0 Å². The predicted molar refractivity (Wildman–Crippen MR) is 186 cm³/mol. The van der Waals surface area contributed by atoms with Crippen LogP contribution < -0.4 is 14.9 Å². The van der Waals surface area contributed by atoms with Gasteiger partial charge in [-0.1, -0.05) is 75.4 Å². The summed E-state index contributed by atoms with van der Waals surface area (Å²) in [6, 6.07) is 12.7. The standard InChI is InChI=1S/C36H53N3O4S/c1-8-14-20-30(12-5)32-23-31(24-34(27(32)7)39(13-6)44(42,43)21-9-2)36(41)38-33(22-29-18-16-15-17-19-29)35(40)26-37-25-28(10-3)11-4/h10-12,15-19,23-24,33,35,37,40H,3,8-9,13-14,20-22,25-26H2,1-2,4-7H3,(H,38,41)/b28-11+,30-12-. The molecule has 0 heterocycles. The number of rotatable bonds is 19. The maximum Gasteiger partial charge on any atom is 0.251 e. The van der Waals surface area contributed by atoms with Crippen LogP contribution in [0.15, 0.2) is 72.8 Å². The fourth-order valence-electron chi connectivity index (χ4n) is 5.31. The zero-order valence-electron chi connectivity index (χ0n) is 27.5. The van der Waals surface area contributed by atoms with Crippen molar-refractivity contribution < 1.29 is 18.3 Å². The Bertz CT molecular complexity index is 1380. The lowest BCUT2D eigenvalue weighted by molar-refractivity contribution is 0.0832. The van der Waals surface area contributed by atoms with Gasteiger partial charge in [0.25, 0.3) is 5.91 Å². The zero-order chi connectivity index (χ0) is 32.7. The molecule has 0 aliphatic heterocycles. The van der Waals surface area contributed by atoms with E-state index in [1.807, 2.05) is 77.1 Å². The van der Waals surface area contributed by atoms with Gasteiger partial charge in [-0.3, -0.25) is 9.10 Å². The van der Waals surface area contributed by atoms with Gasteiger partial charge in [0, 0.05) is 25.2 Å². The van der Waals surface area contributed by atoms with Crippen LogP contribution in [0.2, 0.25) is 0 Å². The molecule has 2 aromatic rings. The summed E-state index contributed by atoms with van der Waals surface area (Å²) in [7, 11) is -3.58. The number of benzene rings is 2. The largest absolute Gasteiger partial charge is 0.390 e. The van der Waals surface area contributed by atoms with Crippen LogP contribution in [-0.2, 0) is 16.4 Å². The van der Waals surface area contributed by atoms with Crippen molar-refractivity contribution in [3.63, 3.8) is 0 Å². The molecule has 0 saturated heterocycles. The second-order valence-electron chi connectivity index (χ2n) is 11.1. The van der Waals surface area contributed by atoms with E-state index in [2.05, 4.69) is 30.2 Å². The predicted octanol–water partition coefficient (Wildman–Crippen LogP) is 6.58. The Morgan fingerprint density at radius 1 is 1.07 bits per heavy atom. The number of sulfonamides is 1. The molecule has 0 bridgehead atoms. The summed E-state index contributed by atoms with van der Waals surface area (Å²) < 4.78 is 28.1. The summed E-state index contributed by atoms with van der Waals surface area (Å²) in [5, 5.41) is 17.6. The van der Waals surface area contributed by atoms with Gasteiger partial charge in [0.2, 0.25) is 10.0 Å². The average molecular weight is 624 g/mol. The third-order valence-electron chi connectivity index (χ3n) is 7.89. The molecule has 0 fully saturated rings. The number of unbranched alkanes of at least 4 members (excludes halogenated alkanes) is 1. The van der Waals surface area contributed by atoms with Gasteiger partial charge in [-0.25, -0.2) is 8.42 Å². The van der Waals surface area contributed by atoms with Crippen LogP contribution in [0.4, 0.5) is 5.69 Å². The minimum Gasteiger partial charge on any atom is -0.390 e. The fourth-order valence-corrected chi connectivity index (χ4v) is 6.93. The first-order chi connectivity index (χ1) is 21.1. The summed E-state index contributed by atoms with van der Waals surface area (Å²) in [5.41, 5.74) is 5.67. The van der Waals surface area contributed by atoms with Crippen molar-refractivity contribution in [1.29, 1.82) is 0 Å². The third kappa shape index (κ3) is 10.5. The Balaban J connectivity index is 2.56. The summed E-state index contributed by atoms with van der Waals surface area (Å²) in [5.74, 6) is -0.333. The molecule has 44 heavy (non-hydrogen) atoms. The van der Waals surface area contributed by atoms with Crippen molar-refractivity contribution in [2.24, 2.45) is 0 Å². The SMILES string of the molecule is C=C/C(=C\C)CNCC(O)C(Cc1ccccc1)NC(=O)c1cc(/C(=C\C)CCCC)c(C)c(N(CC)S(=O)(=O)CCC)c1. The third-order valence-corrected chi connectivity index (χ3v) is 9.94. The normalized spacial score (nSPS) is 13.8. The zero-order valence-corrected chi connectivity index (χ0v) is 28.3. The van der Waals surface area contributed by atoms with Crippen LogP contribution in [0.5, 0.6) is 0 Å². The minimum atomic E-state index is -3.58. The van der Waals surface area contributed by atoms with E-state index in [4.69, 9.17) is 0 Å². The molecule has 0 aliphatic carbocycles. The van der Waals surface area contributed by atoms with Crippen molar-refractivity contribution in [3.05, 3.63) is 95.1 Å². The number of nitrogens with one attached hydrogen (secondary N) is 2. The number of hydrogen-bond donors (Lipinski definition) is 3. The average Bonchev–Trinajstić information content (AvgIpc) is 3.01. The summed E-state index contributed by atoms with van der Waals surface area (Å²) in [6.07, 6.45) is 8.66. The lowest BCUT2D eigenvalue weighted by Gasteiger charge is -2.28. The van der Waals surface area contributed by atoms with Crippen LogP contribution in [0.25, 0.3) is 5.57 Å².